The molecule has 5 heteroatoms. The topological polar surface area (TPSA) is 52.3 Å². The SMILES string of the molecule is Cc1oc(-c2ccccc2)nc1C(=O)OCc1ccccc1F. The lowest BCUT2D eigenvalue weighted by atomic mass is 10.2. The van der Waals surface area contributed by atoms with E-state index in [0.717, 1.165) is 5.56 Å². The smallest absolute Gasteiger partial charge is 0.360 e. The van der Waals surface area contributed by atoms with Gasteiger partial charge < -0.3 is 9.15 Å². The van der Waals surface area contributed by atoms with Crippen LogP contribution in [0.5, 0.6) is 0 Å². The van der Waals surface area contributed by atoms with Gasteiger partial charge >= 0.3 is 5.97 Å². The standard InChI is InChI=1S/C18H14FNO3/c1-12-16(20-17(23-12)13-7-3-2-4-8-13)18(21)22-11-14-9-5-6-10-15(14)19/h2-10H,11H2,1H3. The van der Waals surface area contributed by atoms with Crippen LogP contribution < -0.4 is 0 Å². The molecule has 0 unspecified atom stereocenters. The van der Waals surface area contributed by atoms with Gasteiger partial charge in [0.1, 0.15) is 18.2 Å². The van der Waals surface area contributed by atoms with Gasteiger partial charge in [-0.25, -0.2) is 14.2 Å². The molecule has 0 atom stereocenters. The average Bonchev–Trinajstić information content (AvgIpc) is 2.97. The molecule has 0 bridgehead atoms. The molecule has 0 aliphatic rings. The van der Waals surface area contributed by atoms with Crippen molar-refractivity contribution in [1.82, 2.24) is 4.98 Å². The molecule has 0 aliphatic carbocycles. The van der Waals surface area contributed by atoms with Crippen molar-refractivity contribution in [3.8, 4) is 11.5 Å². The predicted octanol–water partition coefficient (Wildman–Crippen LogP) is 4.15. The van der Waals surface area contributed by atoms with Crippen LogP contribution in [0.15, 0.2) is 59.0 Å². The molecule has 0 spiro atoms. The Kier molecular flexibility index (Phi) is 4.19. The first-order chi connectivity index (χ1) is 11.1. The van der Waals surface area contributed by atoms with E-state index < -0.39 is 11.8 Å². The second-order valence-corrected chi connectivity index (χ2v) is 4.96. The zero-order valence-corrected chi connectivity index (χ0v) is 12.5. The van der Waals surface area contributed by atoms with Crippen molar-refractivity contribution in [3.05, 3.63) is 77.4 Å². The molecule has 116 valence electrons. The van der Waals surface area contributed by atoms with Gasteiger partial charge in [-0.2, -0.15) is 0 Å². The summed E-state index contributed by atoms with van der Waals surface area (Å²) < 4.78 is 24.2. The molecular weight excluding hydrogens is 297 g/mol. The van der Waals surface area contributed by atoms with Crippen LogP contribution in [-0.2, 0) is 11.3 Å². The fourth-order valence-electron chi connectivity index (χ4n) is 2.12. The first-order valence-corrected chi connectivity index (χ1v) is 7.08. The van der Waals surface area contributed by atoms with Crippen LogP contribution in [0, 0.1) is 12.7 Å². The number of nitrogens with zero attached hydrogens (tertiary/aromatic N) is 1. The molecule has 4 nitrogen and oxygen atoms in total. The third-order valence-electron chi connectivity index (χ3n) is 3.33. The van der Waals surface area contributed by atoms with Gasteiger partial charge in [0, 0.05) is 11.1 Å². The van der Waals surface area contributed by atoms with E-state index in [2.05, 4.69) is 4.98 Å². The van der Waals surface area contributed by atoms with E-state index in [9.17, 15) is 9.18 Å². The summed E-state index contributed by atoms with van der Waals surface area (Å²) in [6.07, 6.45) is 0. The van der Waals surface area contributed by atoms with Gasteiger partial charge in [-0.15, -0.1) is 0 Å². The Hall–Kier alpha value is -2.95. The van der Waals surface area contributed by atoms with Crippen molar-refractivity contribution >= 4 is 5.97 Å². The second-order valence-electron chi connectivity index (χ2n) is 4.96. The largest absolute Gasteiger partial charge is 0.456 e. The lowest BCUT2D eigenvalue weighted by Crippen LogP contribution is -2.08. The molecule has 0 radical (unpaired) electrons. The van der Waals surface area contributed by atoms with Gasteiger partial charge in [0.05, 0.1) is 0 Å². The van der Waals surface area contributed by atoms with Gasteiger partial charge in [0.15, 0.2) is 5.69 Å². The minimum atomic E-state index is -0.642. The van der Waals surface area contributed by atoms with Crippen LogP contribution in [-0.4, -0.2) is 11.0 Å². The highest BCUT2D eigenvalue weighted by molar-refractivity contribution is 5.88. The highest BCUT2D eigenvalue weighted by atomic mass is 19.1. The minimum Gasteiger partial charge on any atom is -0.456 e. The molecule has 0 fully saturated rings. The number of oxazole rings is 1. The Balaban J connectivity index is 1.75. The zero-order valence-electron chi connectivity index (χ0n) is 12.5. The normalized spacial score (nSPS) is 10.5. The summed E-state index contributed by atoms with van der Waals surface area (Å²) in [5, 5.41) is 0. The van der Waals surface area contributed by atoms with Gasteiger partial charge in [-0.3, -0.25) is 0 Å². The molecule has 23 heavy (non-hydrogen) atoms. The Labute approximate surface area is 132 Å². The van der Waals surface area contributed by atoms with Gasteiger partial charge in [0.2, 0.25) is 5.89 Å². The number of rotatable bonds is 4. The molecule has 3 aromatic rings. The third kappa shape index (κ3) is 3.29. The number of carbonyl (C=O) groups is 1. The molecule has 0 saturated heterocycles. The first-order valence-electron chi connectivity index (χ1n) is 7.08. The summed E-state index contributed by atoms with van der Waals surface area (Å²) in [7, 11) is 0. The lowest BCUT2D eigenvalue weighted by molar-refractivity contribution is 0.0461. The Morgan fingerprint density at radius 2 is 1.83 bits per heavy atom. The van der Waals surface area contributed by atoms with Crippen LogP contribution in [0.1, 0.15) is 21.8 Å². The highest BCUT2D eigenvalue weighted by Crippen LogP contribution is 2.22. The van der Waals surface area contributed by atoms with Crippen molar-refractivity contribution < 1.29 is 18.3 Å². The summed E-state index contributed by atoms with van der Waals surface area (Å²) in [6, 6.07) is 15.4. The fraction of sp³-hybridized carbons (Fsp3) is 0.111. The van der Waals surface area contributed by atoms with Crippen LogP contribution in [0.2, 0.25) is 0 Å². The number of esters is 1. The maximum atomic E-state index is 13.5. The van der Waals surface area contributed by atoms with Crippen LogP contribution in [0.25, 0.3) is 11.5 Å². The Bertz CT molecular complexity index is 827. The summed E-state index contributed by atoms with van der Waals surface area (Å²) in [4.78, 5) is 16.3. The number of benzene rings is 2. The van der Waals surface area contributed by atoms with Crippen LogP contribution in [0.3, 0.4) is 0 Å². The molecular formula is C18H14FNO3. The van der Waals surface area contributed by atoms with E-state index in [1.165, 1.54) is 6.07 Å². The van der Waals surface area contributed by atoms with Crippen molar-refractivity contribution in [2.75, 3.05) is 0 Å². The number of hydrogen-bond donors (Lipinski definition) is 0. The maximum Gasteiger partial charge on any atom is 0.360 e. The van der Waals surface area contributed by atoms with Gasteiger partial charge in [-0.1, -0.05) is 36.4 Å². The molecule has 0 N–H and O–H groups in total. The fourth-order valence-corrected chi connectivity index (χ4v) is 2.12. The number of aromatic nitrogens is 1. The number of halogens is 1. The summed E-state index contributed by atoms with van der Waals surface area (Å²) in [5.41, 5.74) is 1.18. The number of hydrogen-bond acceptors (Lipinski definition) is 4. The Morgan fingerprint density at radius 1 is 1.13 bits per heavy atom. The summed E-state index contributed by atoms with van der Waals surface area (Å²) in [5.74, 6) is -0.345. The number of carbonyl (C=O) groups excluding carboxylic acids is 1. The third-order valence-corrected chi connectivity index (χ3v) is 3.33. The first kappa shape index (κ1) is 15.0. The molecule has 2 aromatic carbocycles. The van der Waals surface area contributed by atoms with Crippen LogP contribution >= 0.6 is 0 Å². The number of aryl methyl sites for hydroxylation is 1. The van der Waals surface area contributed by atoms with Crippen molar-refractivity contribution in [2.45, 2.75) is 13.5 Å². The zero-order chi connectivity index (χ0) is 16.2. The Morgan fingerprint density at radius 3 is 2.57 bits per heavy atom. The lowest BCUT2D eigenvalue weighted by Gasteiger charge is -2.04. The van der Waals surface area contributed by atoms with Crippen molar-refractivity contribution in [2.24, 2.45) is 0 Å². The van der Waals surface area contributed by atoms with E-state index in [4.69, 9.17) is 9.15 Å². The van der Waals surface area contributed by atoms with E-state index in [1.54, 1.807) is 25.1 Å². The van der Waals surface area contributed by atoms with E-state index in [0.29, 0.717) is 17.2 Å². The molecule has 1 aromatic heterocycles. The van der Waals surface area contributed by atoms with Gasteiger partial charge in [0.25, 0.3) is 0 Å². The van der Waals surface area contributed by atoms with Crippen molar-refractivity contribution in [3.63, 3.8) is 0 Å². The van der Waals surface area contributed by atoms with Crippen molar-refractivity contribution in [1.29, 1.82) is 0 Å². The molecule has 0 aliphatic heterocycles. The maximum absolute atomic E-state index is 13.5. The second kappa shape index (κ2) is 6.44. The van der Waals surface area contributed by atoms with Crippen LogP contribution in [0.4, 0.5) is 4.39 Å². The molecule has 0 saturated carbocycles. The minimum absolute atomic E-state index is 0.0974. The number of ether oxygens (including phenoxy) is 1. The van der Waals surface area contributed by atoms with E-state index >= 15 is 0 Å². The molecule has 3 rings (SSSR count). The summed E-state index contributed by atoms with van der Waals surface area (Å²) in [6.45, 7) is 1.48. The highest BCUT2D eigenvalue weighted by Gasteiger charge is 2.19. The average molecular weight is 311 g/mol. The monoisotopic (exact) mass is 311 g/mol. The molecule has 1 heterocycles. The van der Waals surface area contributed by atoms with E-state index in [-0.39, 0.29) is 12.3 Å². The predicted molar refractivity (Wildman–Crippen MR) is 82.2 cm³/mol. The quantitative estimate of drug-likeness (QED) is 0.679. The van der Waals surface area contributed by atoms with E-state index in [1.807, 2.05) is 30.3 Å². The molecule has 0 amide bonds. The summed E-state index contributed by atoms with van der Waals surface area (Å²) >= 11 is 0. The van der Waals surface area contributed by atoms with Gasteiger partial charge in [-0.05, 0) is 25.1 Å².